The summed E-state index contributed by atoms with van der Waals surface area (Å²) in [6.45, 7) is 5.49. The van der Waals surface area contributed by atoms with Gasteiger partial charge in [0.05, 0.1) is 0 Å². The molecule has 0 fully saturated rings. The summed E-state index contributed by atoms with van der Waals surface area (Å²) in [4.78, 5) is 23.1. The van der Waals surface area contributed by atoms with E-state index in [1.807, 2.05) is 0 Å². The number of hydrogen-bond acceptors (Lipinski definition) is 4. The van der Waals surface area contributed by atoms with Crippen molar-refractivity contribution in [2.75, 3.05) is 0 Å². The largest absolute Gasteiger partial charge is 0.455 e. The van der Waals surface area contributed by atoms with E-state index < -0.39 is 12.3 Å². The van der Waals surface area contributed by atoms with E-state index in [-0.39, 0.29) is 5.78 Å². The number of rotatable bonds is 12. The maximum absolute atomic E-state index is 11.7. The van der Waals surface area contributed by atoms with Crippen LogP contribution in [-0.2, 0) is 9.53 Å². The number of ether oxygens (including phenoxy) is 2. The van der Waals surface area contributed by atoms with E-state index in [2.05, 4.69) is 6.92 Å². The Morgan fingerprint density at radius 2 is 1.68 bits per heavy atom. The molecular formula is C21H30O4. The van der Waals surface area contributed by atoms with Crippen LogP contribution in [0, 0.1) is 0 Å². The second-order valence-electron chi connectivity index (χ2n) is 6.12. The number of allylic oxidation sites excluding steroid dienone is 1. The Kier molecular flexibility index (Phi) is 10.3. The van der Waals surface area contributed by atoms with Gasteiger partial charge in [0, 0.05) is 18.1 Å². The first-order chi connectivity index (χ1) is 12.1. The zero-order valence-electron chi connectivity index (χ0n) is 15.6. The number of carbonyl (C=O) groups is 2. The fraction of sp³-hybridized carbons (Fsp3) is 0.524. The fourth-order valence-electron chi connectivity index (χ4n) is 2.46. The van der Waals surface area contributed by atoms with Gasteiger partial charge < -0.3 is 9.47 Å². The molecule has 1 rings (SSSR count). The van der Waals surface area contributed by atoms with Crippen LogP contribution in [0.2, 0.25) is 0 Å². The molecule has 25 heavy (non-hydrogen) atoms. The molecule has 0 saturated carbocycles. The molecule has 0 aliphatic heterocycles. The highest BCUT2D eigenvalue weighted by molar-refractivity contribution is 5.94. The van der Waals surface area contributed by atoms with Crippen LogP contribution in [-0.4, -0.2) is 18.0 Å². The number of esters is 1. The molecule has 0 aliphatic carbocycles. The predicted octanol–water partition coefficient (Wildman–Crippen LogP) is 5.46. The van der Waals surface area contributed by atoms with Crippen LogP contribution in [0.15, 0.2) is 36.4 Å². The van der Waals surface area contributed by atoms with Crippen molar-refractivity contribution in [3.8, 4) is 5.75 Å². The molecule has 0 radical (unpaired) electrons. The average molecular weight is 346 g/mol. The Hall–Kier alpha value is -2.10. The lowest BCUT2D eigenvalue weighted by Crippen LogP contribution is -2.23. The zero-order valence-corrected chi connectivity index (χ0v) is 15.6. The molecule has 1 aromatic rings. The van der Waals surface area contributed by atoms with Gasteiger partial charge >= 0.3 is 5.97 Å². The third kappa shape index (κ3) is 9.08. The molecule has 4 nitrogen and oxygen atoms in total. The molecule has 1 aromatic carbocycles. The van der Waals surface area contributed by atoms with E-state index in [9.17, 15) is 9.59 Å². The summed E-state index contributed by atoms with van der Waals surface area (Å²) in [6, 6.07) is 6.89. The number of hydrogen-bond donors (Lipinski definition) is 0. The SMILES string of the molecule is C/C=C\C(=O)OC(CCCCCCCC)Oc1ccc(C(C)=O)cc1. The molecule has 1 atom stereocenters. The topological polar surface area (TPSA) is 52.6 Å². The zero-order chi connectivity index (χ0) is 18.5. The molecule has 0 spiro atoms. The van der Waals surface area contributed by atoms with Crippen LogP contribution < -0.4 is 4.74 Å². The van der Waals surface area contributed by atoms with Crippen molar-refractivity contribution in [2.24, 2.45) is 0 Å². The maximum atomic E-state index is 11.7. The molecule has 4 heteroatoms. The summed E-state index contributed by atoms with van der Waals surface area (Å²) >= 11 is 0. The van der Waals surface area contributed by atoms with Crippen LogP contribution in [0.4, 0.5) is 0 Å². The summed E-state index contributed by atoms with van der Waals surface area (Å²) in [7, 11) is 0. The highest BCUT2D eigenvalue weighted by atomic mass is 16.7. The Morgan fingerprint density at radius 1 is 1.04 bits per heavy atom. The maximum Gasteiger partial charge on any atom is 0.333 e. The summed E-state index contributed by atoms with van der Waals surface area (Å²) in [5.74, 6) is 0.197. The first-order valence-corrected chi connectivity index (χ1v) is 9.17. The summed E-state index contributed by atoms with van der Waals surface area (Å²) < 4.78 is 11.2. The van der Waals surface area contributed by atoms with E-state index >= 15 is 0 Å². The van der Waals surface area contributed by atoms with Crippen molar-refractivity contribution in [3.63, 3.8) is 0 Å². The van der Waals surface area contributed by atoms with Crippen molar-refractivity contribution in [2.45, 2.75) is 72.0 Å². The molecule has 0 aromatic heterocycles. The molecule has 0 aliphatic rings. The van der Waals surface area contributed by atoms with E-state index in [4.69, 9.17) is 9.47 Å². The molecule has 0 amide bonds. The normalized spacial score (nSPS) is 12.1. The van der Waals surface area contributed by atoms with Gasteiger partial charge in [-0.05, 0) is 44.5 Å². The van der Waals surface area contributed by atoms with Gasteiger partial charge in [-0.2, -0.15) is 0 Å². The molecule has 1 unspecified atom stereocenters. The summed E-state index contributed by atoms with van der Waals surface area (Å²) in [5, 5.41) is 0. The van der Waals surface area contributed by atoms with Gasteiger partial charge in [0.25, 0.3) is 0 Å². The van der Waals surface area contributed by atoms with Crippen molar-refractivity contribution >= 4 is 11.8 Å². The van der Waals surface area contributed by atoms with Gasteiger partial charge in [-0.3, -0.25) is 4.79 Å². The number of unbranched alkanes of at least 4 members (excludes halogenated alkanes) is 5. The van der Waals surface area contributed by atoms with Crippen molar-refractivity contribution in [1.29, 1.82) is 0 Å². The number of carbonyl (C=O) groups excluding carboxylic acids is 2. The lowest BCUT2D eigenvalue weighted by molar-refractivity contribution is -0.158. The Morgan fingerprint density at radius 3 is 2.28 bits per heavy atom. The second-order valence-corrected chi connectivity index (χ2v) is 6.12. The Balaban J connectivity index is 2.57. The highest BCUT2D eigenvalue weighted by Crippen LogP contribution is 2.18. The monoisotopic (exact) mass is 346 g/mol. The highest BCUT2D eigenvalue weighted by Gasteiger charge is 2.14. The quantitative estimate of drug-likeness (QED) is 0.166. The number of Topliss-reactive ketones (excluding diaryl/α,β-unsaturated/α-hetero) is 1. The van der Waals surface area contributed by atoms with Gasteiger partial charge in [-0.15, -0.1) is 0 Å². The average Bonchev–Trinajstić information content (AvgIpc) is 2.58. The minimum atomic E-state index is -0.613. The molecular weight excluding hydrogens is 316 g/mol. The smallest absolute Gasteiger partial charge is 0.333 e. The molecule has 0 bridgehead atoms. The van der Waals surface area contributed by atoms with E-state index in [0.29, 0.717) is 17.7 Å². The minimum Gasteiger partial charge on any atom is -0.455 e. The third-order valence-corrected chi connectivity index (χ3v) is 3.87. The van der Waals surface area contributed by atoms with Crippen molar-refractivity contribution < 1.29 is 19.1 Å². The Bertz CT molecular complexity index is 546. The van der Waals surface area contributed by atoms with Crippen LogP contribution in [0.25, 0.3) is 0 Å². The van der Waals surface area contributed by atoms with Crippen LogP contribution in [0.5, 0.6) is 5.75 Å². The first kappa shape index (κ1) is 20.9. The standard InChI is InChI=1S/C21H30O4/c1-4-6-7-8-9-10-12-21(25-20(23)11-5-2)24-19-15-13-18(14-16-19)17(3)22/h5,11,13-16,21H,4,6-10,12H2,1-3H3/b11-5-. The number of ketones is 1. The van der Waals surface area contributed by atoms with Gasteiger partial charge in [0.15, 0.2) is 5.78 Å². The molecule has 0 saturated heterocycles. The lowest BCUT2D eigenvalue weighted by atomic mass is 10.1. The van der Waals surface area contributed by atoms with E-state index in [1.165, 1.54) is 38.7 Å². The van der Waals surface area contributed by atoms with E-state index in [0.717, 1.165) is 12.8 Å². The van der Waals surface area contributed by atoms with Gasteiger partial charge in [-0.1, -0.05) is 45.1 Å². The second kappa shape index (κ2) is 12.3. The van der Waals surface area contributed by atoms with Crippen molar-refractivity contribution in [3.05, 3.63) is 42.0 Å². The summed E-state index contributed by atoms with van der Waals surface area (Å²) in [5.41, 5.74) is 0.630. The Labute approximate surface area is 151 Å². The van der Waals surface area contributed by atoms with Crippen molar-refractivity contribution in [1.82, 2.24) is 0 Å². The number of benzene rings is 1. The lowest BCUT2D eigenvalue weighted by Gasteiger charge is -2.19. The minimum absolute atomic E-state index is 0.00897. The molecule has 0 N–H and O–H groups in total. The van der Waals surface area contributed by atoms with Crippen LogP contribution in [0.3, 0.4) is 0 Å². The van der Waals surface area contributed by atoms with Gasteiger partial charge in [0.1, 0.15) is 5.75 Å². The van der Waals surface area contributed by atoms with Crippen LogP contribution >= 0.6 is 0 Å². The third-order valence-electron chi connectivity index (χ3n) is 3.87. The summed E-state index contributed by atoms with van der Waals surface area (Å²) in [6.07, 6.45) is 10.0. The predicted molar refractivity (Wildman–Crippen MR) is 99.8 cm³/mol. The molecule has 0 heterocycles. The first-order valence-electron chi connectivity index (χ1n) is 9.17. The fourth-order valence-corrected chi connectivity index (χ4v) is 2.46. The van der Waals surface area contributed by atoms with Crippen LogP contribution in [0.1, 0.15) is 76.1 Å². The van der Waals surface area contributed by atoms with E-state index in [1.54, 1.807) is 37.3 Å². The molecule has 138 valence electrons. The van der Waals surface area contributed by atoms with Gasteiger partial charge in [0.2, 0.25) is 6.29 Å². The van der Waals surface area contributed by atoms with Gasteiger partial charge in [-0.25, -0.2) is 4.79 Å².